The first-order chi connectivity index (χ1) is 9.08. The Balaban J connectivity index is 2.06. The van der Waals surface area contributed by atoms with Gasteiger partial charge in [0.1, 0.15) is 5.01 Å². The van der Waals surface area contributed by atoms with E-state index in [4.69, 9.17) is 0 Å². The van der Waals surface area contributed by atoms with Crippen LogP contribution in [0, 0.1) is 19.8 Å². The molecule has 2 aromatic rings. The molecule has 0 spiro atoms. The Bertz CT molecular complexity index is 514. The Labute approximate surface area is 118 Å². The van der Waals surface area contributed by atoms with Gasteiger partial charge in [0.15, 0.2) is 0 Å². The van der Waals surface area contributed by atoms with Crippen LogP contribution in [0.4, 0.5) is 0 Å². The van der Waals surface area contributed by atoms with Crippen molar-refractivity contribution in [1.82, 2.24) is 20.1 Å². The summed E-state index contributed by atoms with van der Waals surface area (Å²) in [6.07, 6.45) is 1.84. The van der Waals surface area contributed by atoms with E-state index in [1.54, 1.807) is 11.3 Å². The van der Waals surface area contributed by atoms with Gasteiger partial charge in [0.25, 0.3) is 0 Å². The summed E-state index contributed by atoms with van der Waals surface area (Å²) in [7, 11) is 0. The van der Waals surface area contributed by atoms with Gasteiger partial charge < -0.3 is 5.32 Å². The van der Waals surface area contributed by atoms with Crippen LogP contribution in [0.5, 0.6) is 0 Å². The van der Waals surface area contributed by atoms with E-state index >= 15 is 0 Å². The molecular weight excluding hydrogens is 256 g/mol. The summed E-state index contributed by atoms with van der Waals surface area (Å²) in [6, 6.07) is 0. The van der Waals surface area contributed by atoms with E-state index in [0.29, 0.717) is 5.92 Å². The van der Waals surface area contributed by atoms with E-state index in [1.165, 1.54) is 11.3 Å². The van der Waals surface area contributed by atoms with Crippen LogP contribution in [-0.2, 0) is 13.1 Å². The molecular formula is C14H22N4S. The molecule has 0 aliphatic rings. The van der Waals surface area contributed by atoms with Crippen LogP contribution in [0.25, 0.3) is 0 Å². The third kappa shape index (κ3) is 3.64. The maximum Gasteiger partial charge on any atom is 0.114 e. The number of thiazole rings is 1. The van der Waals surface area contributed by atoms with Crippen molar-refractivity contribution in [3.8, 4) is 0 Å². The minimum Gasteiger partial charge on any atom is -0.312 e. The summed E-state index contributed by atoms with van der Waals surface area (Å²) in [6.45, 7) is 11.4. The van der Waals surface area contributed by atoms with Gasteiger partial charge in [-0.3, -0.25) is 4.68 Å². The predicted molar refractivity (Wildman–Crippen MR) is 79.5 cm³/mol. The van der Waals surface area contributed by atoms with Crippen molar-refractivity contribution in [2.75, 3.05) is 6.54 Å². The minimum absolute atomic E-state index is 0.672. The average Bonchev–Trinajstić information content (AvgIpc) is 2.93. The smallest absolute Gasteiger partial charge is 0.114 e. The van der Waals surface area contributed by atoms with Crippen molar-refractivity contribution in [3.05, 3.63) is 33.5 Å². The average molecular weight is 278 g/mol. The highest BCUT2D eigenvalue weighted by atomic mass is 32.1. The number of hydrogen-bond acceptors (Lipinski definition) is 4. The maximum atomic E-state index is 4.63. The first-order valence-electron chi connectivity index (χ1n) is 6.70. The molecule has 0 aromatic carbocycles. The van der Waals surface area contributed by atoms with E-state index in [0.717, 1.165) is 30.3 Å². The SMILES string of the molecule is Cc1nn(Cc2nccs2)c(C)c1CNCC(C)C. The molecule has 0 amide bonds. The second-order valence-corrected chi connectivity index (χ2v) is 6.24. The highest BCUT2D eigenvalue weighted by Gasteiger charge is 2.12. The van der Waals surface area contributed by atoms with Gasteiger partial charge in [-0.05, 0) is 26.3 Å². The highest BCUT2D eigenvalue weighted by Crippen LogP contribution is 2.15. The van der Waals surface area contributed by atoms with Gasteiger partial charge in [-0.2, -0.15) is 5.10 Å². The number of hydrogen-bond donors (Lipinski definition) is 1. The van der Waals surface area contributed by atoms with Crippen molar-refractivity contribution in [3.63, 3.8) is 0 Å². The summed E-state index contributed by atoms with van der Waals surface area (Å²) in [5.41, 5.74) is 3.67. The van der Waals surface area contributed by atoms with Crippen LogP contribution >= 0.6 is 11.3 Å². The predicted octanol–water partition coefficient (Wildman–Crippen LogP) is 2.75. The number of aryl methyl sites for hydroxylation is 1. The fraction of sp³-hybridized carbons (Fsp3) is 0.571. The largest absolute Gasteiger partial charge is 0.312 e. The molecule has 0 fully saturated rings. The van der Waals surface area contributed by atoms with Crippen LogP contribution in [0.3, 0.4) is 0 Å². The zero-order valence-electron chi connectivity index (χ0n) is 12.1. The Hall–Kier alpha value is -1.20. The molecule has 2 rings (SSSR count). The minimum atomic E-state index is 0.672. The van der Waals surface area contributed by atoms with Gasteiger partial charge in [-0.1, -0.05) is 13.8 Å². The van der Waals surface area contributed by atoms with E-state index < -0.39 is 0 Å². The molecule has 0 radical (unpaired) electrons. The fourth-order valence-electron chi connectivity index (χ4n) is 2.09. The summed E-state index contributed by atoms with van der Waals surface area (Å²) in [5.74, 6) is 0.672. The summed E-state index contributed by atoms with van der Waals surface area (Å²) >= 11 is 1.68. The van der Waals surface area contributed by atoms with E-state index in [-0.39, 0.29) is 0 Å². The quantitative estimate of drug-likeness (QED) is 0.883. The summed E-state index contributed by atoms with van der Waals surface area (Å²) < 4.78 is 2.06. The maximum absolute atomic E-state index is 4.63. The molecule has 0 aliphatic carbocycles. The van der Waals surface area contributed by atoms with Gasteiger partial charge in [0.05, 0.1) is 12.2 Å². The fourth-order valence-corrected chi connectivity index (χ4v) is 2.69. The van der Waals surface area contributed by atoms with Gasteiger partial charge >= 0.3 is 0 Å². The summed E-state index contributed by atoms with van der Waals surface area (Å²) in [5, 5.41) is 11.2. The van der Waals surface area contributed by atoms with Gasteiger partial charge in [0.2, 0.25) is 0 Å². The Kier molecular flexibility index (Phi) is 4.71. The molecule has 0 unspecified atom stereocenters. The van der Waals surface area contributed by atoms with Crippen LogP contribution < -0.4 is 5.32 Å². The second-order valence-electron chi connectivity index (χ2n) is 5.26. The Morgan fingerprint density at radius 2 is 2.16 bits per heavy atom. The molecule has 0 bridgehead atoms. The number of nitrogens with zero attached hydrogens (tertiary/aromatic N) is 3. The molecule has 0 atom stereocenters. The van der Waals surface area contributed by atoms with Gasteiger partial charge in [0, 0.05) is 29.4 Å². The Morgan fingerprint density at radius 3 is 2.79 bits per heavy atom. The first kappa shape index (κ1) is 14.2. The van der Waals surface area contributed by atoms with Crippen molar-refractivity contribution >= 4 is 11.3 Å². The molecule has 19 heavy (non-hydrogen) atoms. The topological polar surface area (TPSA) is 42.7 Å². The zero-order chi connectivity index (χ0) is 13.8. The van der Waals surface area contributed by atoms with E-state index in [2.05, 4.69) is 47.8 Å². The van der Waals surface area contributed by atoms with Gasteiger partial charge in [-0.25, -0.2) is 4.98 Å². The lowest BCUT2D eigenvalue weighted by molar-refractivity contribution is 0.550. The standard InChI is InChI=1S/C14H22N4S/c1-10(2)7-15-8-13-11(3)17-18(12(13)4)9-14-16-5-6-19-14/h5-6,10,15H,7-9H2,1-4H3. The van der Waals surface area contributed by atoms with Crippen LogP contribution in [0.2, 0.25) is 0 Å². The Morgan fingerprint density at radius 1 is 1.37 bits per heavy atom. The lowest BCUT2D eigenvalue weighted by atomic mass is 10.2. The van der Waals surface area contributed by atoms with E-state index in [1.807, 2.05) is 11.6 Å². The molecule has 0 aliphatic heterocycles. The molecule has 5 heteroatoms. The summed E-state index contributed by atoms with van der Waals surface area (Å²) in [4.78, 5) is 4.32. The molecule has 0 saturated heterocycles. The van der Waals surface area contributed by atoms with Crippen LogP contribution in [-0.4, -0.2) is 21.3 Å². The highest BCUT2D eigenvalue weighted by molar-refractivity contribution is 7.09. The molecule has 4 nitrogen and oxygen atoms in total. The molecule has 2 aromatic heterocycles. The van der Waals surface area contributed by atoms with Crippen molar-refractivity contribution in [2.24, 2.45) is 5.92 Å². The van der Waals surface area contributed by atoms with Crippen LogP contribution in [0.15, 0.2) is 11.6 Å². The van der Waals surface area contributed by atoms with Crippen molar-refractivity contribution in [2.45, 2.75) is 40.8 Å². The monoisotopic (exact) mass is 278 g/mol. The number of nitrogens with one attached hydrogen (secondary N) is 1. The van der Waals surface area contributed by atoms with Gasteiger partial charge in [-0.15, -0.1) is 11.3 Å². The van der Waals surface area contributed by atoms with E-state index in [9.17, 15) is 0 Å². The molecule has 0 saturated carbocycles. The molecule has 2 heterocycles. The normalized spacial score (nSPS) is 11.4. The number of aromatic nitrogens is 3. The van der Waals surface area contributed by atoms with Crippen molar-refractivity contribution in [1.29, 1.82) is 0 Å². The molecule has 104 valence electrons. The van der Waals surface area contributed by atoms with Crippen molar-refractivity contribution < 1.29 is 0 Å². The first-order valence-corrected chi connectivity index (χ1v) is 7.58. The lowest BCUT2D eigenvalue weighted by Crippen LogP contribution is -2.19. The zero-order valence-corrected chi connectivity index (χ0v) is 12.9. The number of rotatable bonds is 6. The molecule has 1 N–H and O–H groups in total. The third-order valence-electron chi connectivity index (χ3n) is 3.15. The third-order valence-corrected chi connectivity index (χ3v) is 3.92. The second kappa shape index (κ2) is 6.30. The lowest BCUT2D eigenvalue weighted by Gasteiger charge is -2.08. The van der Waals surface area contributed by atoms with Crippen LogP contribution in [0.1, 0.15) is 35.8 Å².